The van der Waals surface area contributed by atoms with Crippen molar-refractivity contribution in [1.29, 1.82) is 0 Å². The molecule has 0 radical (unpaired) electrons. The standard InChI is InChI=1S/C19H17N7O/c1-21-8-12(7-20)13-4-3-11(9-22-13)14-5-6-15-17(24-14)18-16(10-23-15)26(2)19(27)25-18/h3-10H,20H2,1-2H3,(H,25,27). The Bertz CT molecular complexity index is 1260. The molecule has 8 heteroatoms. The van der Waals surface area contributed by atoms with E-state index in [1.807, 2.05) is 24.3 Å². The van der Waals surface area contributed by atoms with Crippen LogP contribution in [0.4, 0.5) is 0 Å². The minimum Gasteiger partial charge on any atom is -0.404 e. The van der Waals surface area contributed by atoms with Crippen molar-refractivity contribution in [3.8, 4) is 11.3 Å². The fourth-order valence-electron chi connectivity index (χ4n) is 2.94. The third kappa shape index (κ3) is 2.77. The average Bonchev–Trinajstić information content (AvgIpc) is 3.00. The Morgan fingerprint density at radius 3 is 2.78 bits per heavy atom. The second-order valence-corrected chi connectivity index (χ2v) is 6.01. The Morgan fingerprint density at radius 1 is 1.22 bits per heavy atom. The lowest BCUT2D eigenvalue weighted by molar-refractivity contribution is 0.890. The molecule has 0 saturated carbocycles. The van der Waals surface area contributed by atoms with Gasteiger partial charge in [-0.3, -0.25) is 19.5 Å². The largest absolute Gasteiger partial charge is 0.404 e. The Kier molecular flexibility index (Phi) is 4.00. The van der Waals surface area contributed by atoms with Crippen molar-refractivity contribution in [3.05, 3.63) is 59.0 Å². The minimum atomic E-state index is -0.198. The molecule has 0 unspecified atom stereocenters. The van der Waals surface area contributed by atoms with Crippen LogP contribution in [-0.4, -0.2) is 37.8 Å². The molecule has 4 heterocycles. The highest BCUT2D eigenvalue weighted by Crippen LogP contribution is 2.24. The number of nitrogens with one attached hydrogen (secondary N) is 1. The number of H-pyrrole nitrogens is 1. The van der Waals surface area contributed by atoms with Crippen molar-refractivity contribution in [1.82, 2.24) is 24.5 Å². The molecule has 0 spiro atoms. The smallest absolute Gasteiger partial charge is 0.326 e. The average molecular weight is 359 g/mol. The zero-order valence-electron chi connectivity index (χ0n) is 14.8. The first-order valence-electron chi connectivity index (χ1n) is 8.27. The van der Waals surface area contributed by atoms with Crippen LogP contribution < -0.4 is 11.4 Å². The highest BCUT2D eigenvalue weighted by atomic mass is 16.1. The number of hydrogen-bond donors (Lipinski definition) is 2. The summed E-state index contributed by atoms with van der Waals surface area (Å²) in [7, 11) is 3.38. The van der Waals surface area contributed by atoms with E-state index < -0.39 is 0 Å². The molecule has 3 N–H and O–H groups in total. The predicted molar refractivity (Wildman–Crippen MR) is 106 cm³/mol. The molecule has 0 fully saturated rings. The zero-order valence-corrected chi connectivity index (χ0v) is 14.8. The molecule has 8 nitrogen and oxygen atoms in total. The number of aromatic amines is 1. The van der Waals surface area contributed by atoms with Crippen molar-refractivity contribution >= 4 is 33.9 Å². The molecule has 27 heavy (non-hydrogen) atoms. The molecular weight excluding hydrogens is 342 g/mol. The Morgan fingerprint density at radius 2 is 2.07 bits per heavy atom. The second-order valence-electron chi connectivity index (χ2n) is 6.01. The van der Waals surface area contributed by atoms with E-state index in [9.17, 15) is 4.79 Å². The number of allylic oxidation sites excluding steroid dienone is 1. The SMILES string of the molecule is CN=CC(=CN)c1ccc(-c2ccc3ncc4c([nH]c(=O)n4C)c3n2)cn1. The molecule has 0 aliphatic carbocycles. The maximum absolute atomic E-state index is 11.9. The Labute approximate surface area is 154 Å². The Hall–Kier alpha value is -3.81. The fourth-order valence-corrected chi connectivity index (χ4v) is 2.94. The molecule has 0 aliphatic rings. The van der Waals surface area contributed by atoms with Gasteiger partial charge >= 0.3 is 5.69 Å². The molecule has 4 rings (SSSR count). The number of fused-ring (bicyclic) bond motifs is 3. The number of aliphatic imine (C=N–C) groups is 1. The maximum atomic E-state index is 11.9. The molecule has 4 aromatic heterocycles. The number of nitrogens with two attached hydrogens (primary N) is 1. The van der Waals surface area contributed by atoms with E-state index in [4.69, 9.17) is 10.7 Å². The summed E-state index contributed by atoms with van der Waals surface area (Å²) in [4.78, 5) is 32.3. The summed E-state index contributed by atoms with van der Waals surface area (Å²) >= 11 is 0. The molecular formula is C19H17N7O. The summed E-state index contributed by atoms with van der Waals surface area (Å²) < 4.78 is 1.52. The predicted octanol–water partition coefficient (Wildman–Crippen LogP) is 1.87. The monoisotopic (exact) mass is 359 g/mol. The van der Waals surface area contributed by atoms with Gasteiger partial charge in [0.25, 0.3) is 0 Å². The quantitative estimate of drug-likeness (QED) is 0.542. The number of pyridine rings is 3. The summed E-state index contributed by atoms with van der Waals surface area (Å²) in [6, 6.07) is 7.55. The van der Waals surface area contributed by atoms with Crippen LogP contribution in [-0.2, 0) is 7.05 Å². The minimum absolute atomic E-state index is 0.198. The van der Waals surface area contributed by atoms with Crippen molar-refractivity contribution in [3.63, 3.8) is 0 Å². The van der Waals surface area contributed by atoms with Gasteiger partial charge in [0.15, 0.2) is 0 Å². The van der Waals surface area contributed by atoms with Gasteiger partial charge in [-0.2, -0.15) is 0 Å². The van der Waals surface area contributed by atoms with Gasteiger partial charge in [0, 0.05) is 43.8 Å². The van der Waals surface area contributed by atoms with Crippen LogP contribution in [0.1, 0.15) is 5.69 Å². The van der Waals surface area contributed by atoms with Crippen LogP contribution in [0.2, 0.25) is 0 Å². The third-order valence-corrected chi connectivity index (χ3v) is 4.39. The van der Waals surface area contributed by atoms with Gasteiger partial charge in [-0.1, -0.05) is 0 Å². The maximum Gasteiger partial charge on any atom is 0.326 e. The number of imidazole rings is 1. The van der Waals surface area contributed by atoms with Gasteiger partial charge in [-0.05, 0) is 24.3 Å². The van der Waals surface area contributed by atoms with E-state index >= 15 is 0 Å². The van der Waals surface area contributed by atoms with Gasteiger partial charge in [-0.15, -0.1) is 0 Å². The normalized spacial score (nSPS) is 12.4. The highest BCUT2D eigenvalue weighted by Gasteiger charge is 2.11. The first-order chi connectivity index (χ1) is 13.1. The molecule has 0 bridgehead atoms. The van der Waals surface area contributed by atoms with Crippen molar-refractivity contribution in [2.24, 2.45) is 17.8 Å². The van der Waals surface area contributed by atoms with E-state index in [-0.39, 0.29) is 5.69 Å². The zero-order chi connectivity index (χ0) is 19.0. The molecule has 0 atom stereocenters. The van der Waals surface area contributed by atoms with Crippen LogP contribution in [0.5, 0.6) is 0 Å². The number of aromatic nitrogens is 5. The molecule has 4 aromatic rings. The summed E-state index contributed by atoms with van der Waals surface area (Å²) in [5, 5.41) is 0. The van der Waals surface area contributed by atoms with Crippen LogP contribution in [0.15, 0.2) is 52.6 Å². The van der Waals surface area contributed by atoms with Crippen LogP contribution in [0.3, 0.4) is 0 Å². The van der Waals surface area contributed by atoms with E-state index in [2.05, 4.69) is 19.9 Å². The number of aryl methyl sites for hydroxylation is 1. The summed E-state index contributed by atoms with van der Waals surface area (Å²) in [5.41, 5.74) is 11.2. The molecule has 134 valence electrons. The van der Waals surface area contributed by atoms with Crippen LogP contribution in [0, 0.1) is 0 Å². The lowest BCUT2D eigenvalue weighted by Gasteiger charge is -2.05. The van der Waals surface area contributed by atoms with Gasteiger partial charge in [-0.25, -0.2) is 9.78 Å². The first kappa shape index (κ1) is 16.6. The first-order valence-corrected chi connectivity index (χ1v) is 8.27. The summed E-state index contributed by atoms with van der Waals surface area (Å²) in [5.74, 6) is 0. The van der Waals surface area contributed by atoms with E-state index in [1.165, 1.54) is 10.8 Å². The van der Waals surface area contributed by atoms with E-state index in [0.29, 0.717) is 22.1 Å². The molecule has 0 saturated heterocycles. The van der Waals surface area contributed by atoms with Gasteiger partial charge in [0.1, 0.15) is 5.52 Å². The van der Waals surface area contributed by atoms with E-state index in [0.717, 1.165) is 22.5 Å². The topological polar surface area (TPSA) is 115 Å². The van der Waals surface area contributed by atoms with Crippen molar-refractivity contribution in [2.75, 3.05) is 7.05 Å². The van der Waals surface area contributed by atoms with Crippen LogP contribution in [0.25, 0.3) is 38.9 Å². The lowest BCUT2D eigenvalue weighted by atomic mass is 10.1. The lowest BCUT2D eigenvalue weighted by Crippen LogP contribution is -2.11. The molecule has 0 aliphatic heterocycles. The number of nitrogens with zero attached hydrogens (tertiary/aromatic N) is 5. The fraction of sp³-hybridized carbons (Fsp3) is 0.105. The van der Waals surface area contributed by atoms with Crippen molar-refractivity contribution < 1.29 is 0 Å². The number of rotatable bonds is 3. The van der Waals surface area contributed by atoms with Crippen molar-refractivity contribution in [2.45, 2.75) is 0 Å². The van der Waals surface area contributed by atoms with Gasteiger partial charge < -0.3 is 10.7 Å². The highest BCUT2D eigenvalue weighted by molar-refractivity contribution is 6.08. The van der Waals surface area contributed by atoms with Crippen LogP contribution >= 0.6 is 0 Å². The van der Waals surface area contributed by atoms with E-state index in [1.54, 1.807) is 32.7 Å². The summed E-state index contributed by atoms with van der Waals surface area (Å²) in [6.07, 6.45) is 6.53. The van der Waals surface area contributed by atoms with Gasteiger partial charge in [0.05, 0.1) is 34.1 Å². The second kappa shape index (κ2) is 6.49. The molecule has 0 amide bonds. The van der Waals surface area contributed by atoms with Gasteiger partial charge in [0.2, 0.25) is 0 Å². The Balaban J connectivity index is 1.83. The summed E-state index contributed by atoms with van der Waals surface area (Å²) in [6.45, 7) is 0. The number of hydrogen-bond acceptors (Lipinski definition) is 6. The molecule has 0 aromatic carbocycles. The third-order valence-electron chi connectivity index (χ3n) is 4.39.